The van der Waals surface area contributed by atoms with Gasteiger partial charge in [0.05, 0.1) is 5.00 Å². The summed E-state index contributed by atoms with van der Waals surface area (Å²) in [6.45, 7) is 2.06. The second-order valence-corrected chi connectivity index (χ2v) is 3.20. The smallest absolute Gasteiger partial charge is 0.0904 e. The lowest BCUT2D eigenvalue weighted by Crippen LogP contribution is -2.08. The molecule has 0 unspecified atom stereocenters. The van der Waals surface area contributed by atoms with Crippen LogP contribution in [0.2, 0.25) is 0 Å². The molecule has 10 heavy (non-hydrogen) atoms. The number of nitrogens with two attached hydrogens (primary N) is 2. The summed E-state index contributed by atoms with van der Waals surface area (Å²) in [5.41, 5.74) is 12.5. The summed E-state index contributed by atoms with van der Waals surface area (Å²) in [6, 6.07) is 2.11. The quantitative estimate of drug-likeness (QED) is 0.685. The summed E-state index contributed by atoms with van der Waals surface area (Å²) in [7, 11) is 0. The van der Waals surface area contributed by atoms with Crippen molar-refractivity contribution in [3.8, 4) is 0 Å². The van der Waals surface area contributed by atoms with Crippen LogP contribution in [0.25, 0.3) is 0 Å². The monoisotopic (exact) mass is 156 g/mol. The minimum atomic E-state index is 0.117. The second kappa shape index (κ2) is 3.03. The summed E-state index contributed by atoms with van der Waals surface area (Å²) in [4.78, 5) is 0. The van der Waals surface area contributed by atoms with E-state index < -0.39 is 0 Å². The Kier molecular flexibility index (Phi) is 2.29. The Labute approximate surface area is 64.8 Å². The van der Waals surface area contributed by atoms with Crippen LogP contribution in [-0.4, -0.2) is 0 Å². The SMILES string of the molecule is CC[C@@H](N)c1ccsc1N. The van der Waals surface area contributed by atoms with Crippen LogP contribution in [-0.2, 0) is 0 Å². The molecule has 0 amide bonds. The molecule has 0 bridgehead atoms. The van der Waals surface area contributed by atoms with E-state index in [9.17, 15) is 0 Å². The highest BCUT2D eigenvalue weighted by Crippen LogP contribution is 2.25. The van der Waals surface area contributed by atoms with E-state index in [2.05, 4.69) is 6.92 Å². The maximum Gasteiger partial charge on any atom is 0.0904 e. The summed E-state index contributed by atoms with van der Waals surface area (Å²) < 4.78 is 0. The molecule has 56 valence electrons. The van der Waals surface area contributed by atoms with E-state index in [-0.39, 0.29) is 6.04 Å². The van der Waals surface area contributed by atoms with E-state index in [0.717, 1.165) is 17.0 Å². The molecule has 0 aliphatic carbocycles. The lowest BCUT2D eigenvalue weighted by atomic mass is 10.1. The predicted molar refractivity (Wildman–Crippen MR) is 46.0 cm³/mol. The molecule has 0 spiro atoms. The number of hydrogen-bond acceptors (Lipinski definition) is 3. The van der Waals surface area contributed by atoms with Crippen molar-refractivity contribution in [2.75, 3.05) is 5.73 Å². The van der Waals surface area contributed by atoms with Gasteiger partial charge in [0, 0.05) is 11.6 Å². The van der Waals surface area contributed by atoms with Crippen LogP contribution in [0.1, 0.15) is 24.9 Å². The topological polar surface area (TPSA) is 52.0 Å². The maximum absolute atomic E-state index is 5.77. The molecule has 2 nitrogen and oxygen atoms in total. The maximum atomic E-state index is 5.77. The Morgan fingerprint density at radius 1 is 1.70 bits per heavy atom. The van der Waals surface area contributed by atoms with Crippen molar-refractivity contribution in [1.82, 2.24) is 0 Å². The normalized spacial score (nSPS) is 13.4. The molecule has 0 saturated carbocycles. The van der Waals surface area contributed by atoms with E-state index in [1.165, 1.54) is 0 Å². The van der Waals surface area contributed by atoms with Crippen LogP contribution in [0.4, 0.5) is 5.00 Å². The van der Waals surface area contributed by atoms with E-state index >= 15 is 0 Å². The van der Waals surface area contributed by atoms with Gasteiger partial charge < -0.3 is 11.5 Å². The average Bonchev–Trinajstić information content (AvgIpc) is 2.34. The largest absolute Gasteiger partial charge is 0.390 e. The Morgan fingerprint density at radius 3 is 2.80 bits per heavy atom. The third-order valence-corrected chi connectivity index (χ3v) is 2.33. The van der Waals surface area contributed by atoms with E-state index in [4.69, 9.17) is 11.5 Å². The Bertz CT molecular complexity index is 207. The number of nitrogen functional groups attached to an aromatic ring is 1. The Balaban J connectivity index is 2.82. The fourth-order valence-electron chi connectivity index (χ4n) is 0.857. The molecule has 1 heterocycles. The van der Waals surface area contributed by atoms with Crippen molar-refractivity contribution in [1.29, 1.82) is 0 Å². The zero-order chi connectivity index (χ0) is 7.56. The third kappa shape index (κ3) is 1.30. The van der Waals surface area contributed by atoms with Crippen LogP contribution in [0.15, 0.2) is 11.4 Å². The minimum absolute atomic E-state index is 0.117. The molecule has 1 aromatic rings. The van der Waals surface area contributed by atoms with Gasteiger partial charge in [0.15, 0.2) is 0 Å². The average molecular weight is 156 g/mol. The van der Waals surface area contributed by atoms with Gasteiger partial charge in [-0.3, -0.25) is 0 Å². The molecule has 1 atom stereocenters. The predicted octanol–water partition coefficient (Wildman–Crippen LogP) is 1.74. The van der Waals surface area contributed by atoms with Crippen molar-refractivity contribution in [3.63, 3.8) is 0 Å². The standard InChI is InChI=1S/C7H12N2S/c1-2-6(8)5-3-4-10-7(5)9/h3-4,6H,2,8-9H2,1H3/t6-/m1/s1. The van der Waals surface area contributed by atoms with Gasteiger partial charge in [-0.1, -0.05) is 6.92 Å². The van der Waals surface area contributed by atoms with Gasteiger partial charge in [0.2, 0.25) is 0 Å². The lowest BCUT2D eigenvalue weighted by molar-refractivity contribution is 0.703. The summed E-state index contributed by atoms with van der Waals surface area (Å²) in [6.07, 6.45) is 0.945. The van der Waals surface area contributed by atoms with E-state index in [1.807, 2.05) is 11.4 Å². The minimum Gasteiger partial charge on any atom is -0.390 e. The molecule has 0 saturated heterocycles. The fraction of sp³-hybridized carbons (Fsp3) is 0.429. The molecule has 1 rings (SSSR count). The van der Waals surface area contributed by atoms with Crippen molar-refractivity contribution >= 4 is 16.3 Å². The zero-order valence-corrected chi connectivity index (χ0v) is 6.82. The van der Waals surface area contributed by atoms with Crippen molar-refractivity contribution < 1.29 is 0 Å². The van der Waals surface area contributed by atoms with Gasteiger partial charge >= 0.3 is 0 Å². The highest BCUT2D eigenvalue weighted by atomic mass is 32.1. The molecule has 0 radical (unpaired) electrons. The fourth-order valence-corrected chi connectivity index (χ4v) is 1.57. The molecule has 0 aliphatic heterocycles. The van der Waals surface area contributed by atoms with Crippen LogP contribution < -0.4 is 11.5 Å². The summed E-state index contributed by atoms with van der Waals surface area (Å²) in [5, 5.41) is 2.83. The highest BCUT2D eigenvalue weighted by molar-refractivity contribution is 7.14. The summed E-state index contributed by atoms with van der Waals surface area (Å²) >= 11 is 1.55. The lowest BCUT2D eigenvalue weighted by Gasteiger charge is -2.06. The van der Waals surface area contributed by atoms with Gasteiger partial charge in [-0.05, 0) is 17.9 Å². The third-order valence-electron chi connectivity index (χ3n) is 1.57. The van der Waals surface area contributed by atoms with Gasteiger partial charge in [-0.15, -0.1) is 11.3 Å². The zero-order valence-electron chi connectivity index (χ0n) is 6.00. The van der Waals surface area contributed by atoms with Gasteiger partial charge in [-0.2, -0.15) is 0 Å². The first-order valence-corrected chi connectivity index (χ1v) is 4.22. The van der Waals surface area contributed by atoms with E-state index in [0.29, 0.717) is 0 Å². The molecular weight excluding hydrogens is 144 g/mol. The molecule has 0 aromatic carbocycles. The molecule has 3 heteroatoms. The van der Waals surface area contributed by atoms with Crippen LogP contribution in [0.5, 0.6) is 0 Å². The second-order valence-electron chi connectivity index (χ2n) is 2.25. The highest BCUT2D eigenvalue weighted by Gasteiger charge is 2.06. The molecular formula is C7H12N2S. The Hall–Kier alpha value is -0.540. The number of anilines is 1. The molecule has 1 aromatic heterocycles. The molecule has 0 aliphatic rings. The van der Waals surface area contributed by atoms with Crippen LogP contribution in [0.3, 0.4) is 0 Å². The van der Waals surface area contributed by atoms with Crippen molar-refractivity contribution in [2.45, 2.75) is 19.4 Å². The van der Waals surface area contributed by atoms with Gasteiger partial charge in [-0.25, -0.2) is 0 Å². The van der Waals surface area contributed by atoms with Gasteiger partial charge in [0.1, 0.15) is 0 Å². The number of rotatable bonds is 2. The van der Waals surface area contributed by atoms with E-state index in [1.54, 1.807) is 11.3 Å². The molecule has 4 N–H and O–H groups in total. The Morgan fingerprint density at radius 2 is 2.40 bits per heavy atom. The van der Waals surface area contributed by atoms with Crippen LogP contribution in [0, 0.1) is 0 Å². The number of hydrogen-bond donors (Lipinski definition) is 2. The van der Waals surface area contributed by atoms with Crippen LogP contribution >= 0.6 is 11.3 Å². The van der Waals surface area contributed by atoms with Crippen molar-refractivity contribution in [3.05, 3.63) is 17.0 Å². The summed E-state index contributed by atoms with van der Waals surface area (Å²) in [5.74, 6) is 0. The van der Waals surface area contributed by atoms with Crippen molar-refractivity contribution in [2.24, 2.45) is 5.73 Å². The first-order valence-electron chi connectivity index (χ1n) is 3.34. The number of thiophene rings is 1. The molecule has 0 fully saturated rings. The first-order chi connectivity index (χ1) is 4.75. The first kappa shape index (κ1) is 7.57. The van der Waals surface area contributed by atoms with Gasteiger partial charge in [0.25, 0.3) is 0 Å².